The number of carbonyl (C=O) groups excluding carboxylic acids is 1. The van der Waals surface area contributed by atoms with E-state index >= 15 is 0 Å². The topological polar surface area (TPSA) is 75.4 Å². The number of carbonyl (C=O) groups is 1. The quantitative estimate of drug-likeness (QED) is 0.602. The van der Waals surface area contributed by atoms with E-state index in [2.05, 4.69) is 33.0 Å². The Balaban J connectivity index is 3.97. The van der Waals surface area contributed by atoms with Gasteiger partial charge in [0.15, 0.2) is 0 Å². The van der Waals surface area contributed by atoms with Crippen molar-refractivity contribution in [3.8, 4) is 0 Å². The predicted molar refractivity (Wildman–Crippen MR) is 70.5 cm³/mol. The smallest absolute Gasteiger partial charge is 0.236 e. The average molecular weight is 244 g/mol. The molecule has 0 radical (unpaired) electrons. The van der Waals surface area contributed by atoms with Gasteiger partial charge in [0.1, 0.15) is 0 Å². The van der Waals surface area contributed by atoms with Crippen LogP contribution in [0, 0.1) is 11.3 Å². The molecule has 0 aliphatic rings. The Hall–Kier alpha value is -0.610. The largest absolute Gasteiger partial charge is 0.396 e. The average Bonchev–Trinajstić information content (AvgIpc) is 2.22. The summed E-state index contributed by atoms with van der Waals surface area (Å²) in [6.45, 7) is 9.08. The number of hydrogen-bond donors (Lipinski definition) is 3. The van der Waals surface area contributed by atoms with Crippen molar-refractivity contribution in [2.24, 2.45) is 17.1 Å². The highest BCUT2D eigenvalue weighted by molar-refractivity contribution is 5.81. The van der Waals surface area contributed by atoms with Crippen LogP contribution in [0.1, 0.15) is 47.0 Å². The second-order valence-electron chi connectivity index (χ2n) is 5.95. The monoisotopic (exact) mass is 244 g/mol. The SMILES string of the molecule is CC(C)C[C@@H](N)C(=O)NCC(C)(C)CCCO. The zero-order valence-corrected chi connectivity index (χ0v) is 11.6. The van der Waals surface area contributed by atoms with Crippen LogP contribution < -0.4 is 11.1 Å². The number of nitrogens with two attached hydrogens (primary N) is 1. The van der Waals surface area contributed by atoms with E-state index in [0.29, 0.717) is 18.9 Å². The number of amides is 1. The molecule has 1 atom stereocenters. The third-order valence-corrected chi connectivity index (χ3v) is 2.81. The van der Waals surface area contributed by atoms with E-state index in [1.54, 1.807) is 0 Å². The van der Waals surface area contributed by atoms with Gasteiger partial charge in [-0.25, -0.2) is 0 Å². The van der Waals surface area contributed by atoms with Crippen LogP contribution in [0.3, 0.4) is 0 Å². The van der Waals surface area contributed by atoms with Crippen molar-refractivity contribution in [3.05, 3.63) is 0 Å². The summed E-state index contributed by atoms with van der Waals surface area (Å²) in [5, 5.41) is 11.7. The maximum Gasteiger partial charge on any atom is 0.236 e. The molecule has 0 rings (SSSR count). The molecule has 102 valence electrons. The van der Waals surface area contributed by atoms with Gasteiger partial charge in [-0.15, -0.1) is 0 Å². The summed E-state index contributed by atoms with van der Waals surface area (Å²) in [5.74, 6) is 0.355. The van der Waals surface area contributed by atoms with Crippen LogP contribution in [0.15, 0.2) is 0 Å². The fourth-order valence-corrected chi connectivity index (χ4v) is 1.72. The summed E-state index contributed by atoms with van der Waals surface area (Å²) >= 11 is 0. The molecule has 1 amide bonds. The van der Waals surface area contributed by atoms with Crippen molar-refractivity contribution >= 4 is 5.91 Å². The first-order valence-corrected chi connectivity index (χ1v) is 6.42. The Morgan fingerprint density at radius 3 is 2.47 bits per heavy atom. The Kier molecular flexibility index (Phi) is 7.39. The van der Waals surface area contributed by atoms with Crippen LogP contribution in [-0.2, 0) is 4.79 Å². The number of nitrogens with one attached hydrogen (secondary N) is 1. The lowest BCUT2D eigenvalue weighted by Gasteiger charge is -2.25. The van der Waals surface area contributed by atoms with Gasteiger partial charge in [-0.2, -0.15) is 0 Å². The first-order chi connectivity index (χ1) is 7.78. The summed E-state index contributed by atoms with van der Waals surface area (Å²) in [4.78, 5) is 11.7. The fraction of sp³-hybridized carbons (Fsp3) is 0.923. The third kappa shape index (κ3) is 8.16. The van der Waals surface area contributed by atoms with Crippen LogP contribution in [-0.4, -0.2) is 30.2 Å². The number of rotatable bonds is 8. The van der Waals surface area contributed by atoms with Gasteiger partial charge >= 0.3 is 0 Å². The van der Waals surface area contributed by atoms with Crippen LogP contribution in [0.2, 0.25) is 0 Å². The van der Waals surface area contributed by atoms with Gasteiger partial charge < -0.3 is 16.2 Å². The molecule has 4 heteroatoms. The van der Waals surface area contributed by atoms with E-state index in [1.807, 2.05) is 0 Å². The minimum absolute atomic E-state index is 0.00986. The van der Waals surface area contributed by atoms with E-state index in [9.17, 15) is 4.79 Å². The number of hydrogen-bond acceptors (Lipinski definition) is 3. The molecule has 0 unspecified atom stereocenters. The summed E-state index contributed by atoms with van der Waals surface area (Å²) in [6, 6.07) is -0.413. The van der Waals surface area contributed by atoms with Crippen molar-refractivity contribution in [1.82, 2.24) is 5.32 Å². The summed E-state index contributed by atoms with van der Waals surface area (Å²) in [5.41, 5.74) is 5.81. The zero-order chi connectivity index (χ0) is 13.5. The minimum Gasteiger partial charge on any atom is -0.396 e. The van der Waals surface area contributed by atoms with Crippen molar-refractivity contribution in [1.29, 1.82) is 0 Å². The van der Waals surface area contributed by atoms with Crippen molar-refractivity contribution in [2.75, 3.05) is 13.2 Å². The minimum atomic E-state index is -0.413. The molecule has 0 aromatic rings. The van der Waals surface area contributed by atoms with Gasteiger partial charge in [0.2, 0.25) is 5.91 Å². The van der Waals surface area contributed by atoms with Gasteiger partial charge in [-0.3, -0.25) is 4.79 Å². The van der Waals surface area contributed by atoms with Crippen LogP contribution in [0.4, 0.5) is 0 Å². The van der Waals surface area contributed by atoms with E-state index in [4.69, 9.17) is 10.8 Å². The van der Waals surface area contributed by atoms with Crippen LogP contribution >= 0.6 is 0 Å². The van der Waals surface area contributed by atoms with E-state index in [1.165, 1.54) is 0 Å². The molecule has 0 saturated carbocycles. The molecule has 0 aliphatic carbocycles. The summed E-state index contributed by atoms with van der Waals surface area (Å²) in [7, 11) is 0. The van der Waals surface area contributed by atoms with Crippen molar-refractivity contribution in [3.63, 3.8) is 0 Å². The van der Waals surface area contributed by atoms with Crippen molar-refractivity contribution in [2.45, 2.75) is 53.0 Å². The molecule has 17 heavy (non-hydrogen) atoms. The van der Waals surface area contributed by atoms with E-state index in [-0.39, 0.29) is 17.9 Å². The van der Waals surface area contributed by atoms with Crippen LogP contribution in [0.25, 0.3) is 0 Å². The first-order valence-electron chi connectivity index (χ1n) is 6.42. The lowest BCUT2D eigenvalue weighted by atomic mass is 9.88. The van der Waals surface area contributed by atoms with Gasteiger partial charge in [-0.05, 0) is 30.6 Å². The molecule has 0 saturated heterocycles. The molecule has 0 fully saturated rings. The molecule has 0 heterocycles. The lowest BCUT2D eigenvalue weighted by Crippen LogP contribution is -2.44. The highest BCUT2D eigenvalue weighted by Gasteiger charge is 2.21. The predicted octanol–water partition coefficient (Wildman–Crippen LogP) is 1.27. The normalized spacial score (nSPS) is 13.8. The van der Waals surface area contributed by atoms with Crippen molar-refractivity contribution < 1.29 is 9.90 Å². The second-order valence-corrected chi connectivity index (χ2v) is 5.95. The Labute approximate surface area is 105 Å². The highest BCUT2D eigenvalue weighted by atomic mass is 16.2. The molecular weight excluding hydrogens is 216 g/mol. The molecule has 4 N–H and O–H groups in total. The second kappa shape index (κ2) is 7.67. The van der Waals surface area contributed by atoms with Gasteiger partial charge in [0.25, 0.3) is 0 Å². The van der Waals surface area contributed by atoms with E-state index < -0.39 is 6.04 Å². The molecule has 0 spiro atoms. The zero-order valence-electron chi connectivity index (χ0n) is 11.6. The molecule has 0 aromatic carbocycles. The van der Waals surface area contributed by atoms with Crippen LogP contribution in [0.5, 0.6) is 0 Å². The molecule has 0 bridgehead atoms. The van der Waals surface area contributed by atoms with E-state index in [0.717, 1.165) is 12.8 Å². The Morgan fingerprint density at radius 2 is 2.00 bits per heavy atom. The molecular formula is C13H28N2O2. The molecule has 0 aliphatic heterocycles. The first kappa shape index (κ1) is 16.4. The van der Waals surface area contributed by atoms with Gasteiger partial charge in [0, 0.05) is 13.2 Å². The third-order valence-electron chi connectivity index (χ3n) is 2.81. The van der Waals surface area contributed by atoms with Gasteiger partial charge in [-0.1, -0.05) is 27.7 Å². The summed E-state index contributed by atoms with van der Waals surface area (Å²) in [6.07, 6.45) is 2.37. The fourth-order valence-electron chi connectivity index (χ4n) is 1.72. The molecule has 0 aromatic heterocycles. The lowest BCUT2D eigenvalue weighted by molar-refractivity contribution is -0.123. The maximum atomic E-state index is 11.7. The standard InChI is InChI=1S/C13H28N2O2/c1-10(2)8-11(14)12(17)15-9-13(3,4)6-5-7-16/h10-11,16H,5-9,14H2,1-4H3,(H,15,17)/t11-/m1/s1. The highest BCUT2D eigenvalue weighted by Crippen LogP contribution is 2.20. The van der Waals surface area contributed by atoms with Gasteiger partial charge in [0.05, 0.1) is 6.04 Å². The Bertz CT molecular complexity index is 227. The molecule has 4 nitrogen and oxygen atoms in total. The maximum absolute atomic E-state index is 11.7. The summed E-state index contributed by atoms with van der Waals surface area (Å²) < 4.78 is 0. The number of aliphatic hydroxyl groups is 1. The Morgan fingerprint density at radius 1 is 1.41 bits per heavy atom. The number of aliphatic hydroxyl groups excluding tert-OH is 1.